The zero-order valence-electron chi connectivity index (χ0n) is 13.5. The first kappa shape index (κ1) is 19.4. The van der Waals surface area contributed by atoms with Gasteiger partial charge in [0.15, 0.2) is 11.5 Å². The summed E-state index contributed by atoms with van der Waals surface area (Å²) in [5.74, 6) is 1.32. The Hall–Kier alpha value is -0.680. The van der Waals surface area contributed by atoms with Crippen molar-refractivity contribution >= 4 is 24.0 Å². The number of benzene rings is 1. The Bertz CT molecular complexity index is 499. The van der Waals surface area contributed by atoms with Gasteiger partial charge in [-0.2, -0.15) is 0 Å². The van der Waals surface area contributed by atoms with Crippen LogP contribution in [0.5, 0.6) is 11.5 Å². The van der Waals surface area contributed by atoms with Crippen LogP contribution in [0.2, 0.25) is 5.02 Å². The Labute approximate surface area is 144 Å². The highest BCUT2D eigenvalue weighted by atomic mass is 35.5. The van der Waals surface area contributed by atoms with Crippen LogP contribution in [0.4, 0.5) is 0 Å². The van der Waals surface area contributed by atoms with E-state index in [1.807, 2.05) is 19.1 Å². The van der Waals surface area contributed by atoms with Gasteiger partial charge < -0.3 is 15.2 Å². The molecule has 4 nitrogen and oxygen atoms in total. The number of nitrogens with zero attached hydrogens (tertiary/aromatic N) is 1. The van der Waals surface area contributed by atoms with Gasteiger partial charge in [-0.15, -0.1) is 12.4 Å². The van der Waals surface area contributed by atoms with Gasteiger partial charge >= 0.3 is 0 Å². The summed E-state index contributed by atoms with van der Waals surface area (Å²) in [7, 11) is 1.64. The highest BCUT2D eigenvalue weighted by molar-refractivity contribution is 6.32. The lowest BCUT2D eigenvalue weighted by Gasteiger charge is -2.23. The molecule has 0 saturated carbocycles. The quantitative estimate of drug-likeness (QED) is 0.856. The van der Waals surface area contributed by atoms with Crippen molar-refractivity contribution in [3.8, 4) is 11.5 Å². The Morgan fingerprint density at radius 3 is 2.68 bits per heavy atom. The number of likely N-dealkylation sites (tertiary alicyclic amines) is 1. The average Bonchev–Trinajstić information content (AvgIpc) is 2.83. The van der Waals surface area contributed by atoms with Crippen LogP contribution in [0.15, 0.2) is 12.1 Å². The topological polar surface area (TPSA) is 47.7 Å². The lowest BCUT2D eigenvalue weighted by molar-refractivity contribution is 0.273. The molecule has 0 amide bonds. The van der Waals surface area contributed by atoms with Crippen LogP contribution in [-0.2, 0) is 6.54 Å². The molecule has 0 aliphatic carbocycles. The van der Waals surface area contributed by atoms with Crippen molar-refractivity contribution in [3.05, 3.63) is 22.7 Å². The molecule has 126 valence electrons. The predicted molar refractivity (Wildman–Crippen MR) is 93.5 cm³/mol. The maximum absolute atomic E-state index is 6.32. The first-order valence-corrected chi connectivity index (χ1v) is 7.81. The van der Waals surface area contributed by atoms with Crippen LogP contribution in [0.1, 0.15) is 25.8 Å². The fraction of sp³-hybridized carbons (Fsp3) is 0.625. The number of hydrogen-bond donors (Lipinski definition) is 1. The number of rotatable bonds is 6. The van der Waals surface area contributed by atoms with Crippen LogP contribution in [-0.4, -0.2) is 38.3 Å². The van der Waals surface area contributed by atoms with Crippen molar-refractivity contribution in [2.75, 3.05) is 33.4 Å². The molecule has 2 rings (SSSR count). The van der Waals surface area contributed by atoms with Gasteiger partial charge in [0.1, 0.15) is 0 Å². The Morgan fingerprint density at radius 2 is 2.14 bits per heavy atom. The number of halogens is 2. The standard InChI is InChI=1S/C16H25ClN2O2.ClH/c1-4-21-15-13(17)7-12(8-14(15)20-3)9-19-6-5-16(2,10-18)11-19;/h7-8H,4-6,9-11,18H2,1-3H3;1H. The van der Waals surface area contributed by atoms with E-state index in [1.165, 1.54) is 0 Å². The van der Waals surface area contributed by atoms with E-state index in [2.05, 4.69) is 11.8 Å². The molecule has 0 spiro atoms. The fourth-order valence-corrected chi connectivity index (χ4v) is 3.12. The van der Waals surface area contributed by atoms with Crippen LogP contribution in [0.25, 0.3) is 0 Å². The van der Waals surface area contributed by atoms with Crippen molar-refractivity contribution in [1.29, 1.82) is 0 Å². The summed E-state index contributed by atoms with van der Waals surface area (Å²) in [4.78, 5) is 2.41. The third kappa shape index (κ3) is 4.42. The molecule has 0 aromatic heterocycles. The van der Waals surface area contributed by atoms with Crippen LogP contribution in [0, 0.1) is 5.41 Å². The first-order valence-electron chi connectivity index (χ1n) is 7.43. The number of hydrogen-bond acceptors (Lipinski definition) is 4. The zero-order chi connectivity index (χ0) is 15.5. The van der Waals surface area contributed by atoms with E-state index in [0.29, 0.717) is 23.1 Å². The molecule has 6 heteroatoms. The van der Waals surface area contributed by atoms with Crippen LogP contribution < -0.4 is 15.2 Å². The van der Waals surface area contributed by atoms with Crippen molar-refractivity contribution in [2.45, 2.75) is 26.8 Å². The summed E-state index contributed by atoms with van der Waals surface area (Å²) in [5.41, 5.74) is 7.24. The van der Waals surface area contributed by atoms with Crippen molar-refractivity contribution in [2.24, 2.45) is 11.1 Å². The first-order chi connectivity index (χ1) is 10.0. The molecule has 0 radical (unpaired) electrons. The van der Waals surface area contributed by atoms with Crippen molar-refractivity contribution in [3.63, 3.8) is 0 Å². The number of ether oxygens (including phenoxy) is 2. The van der Waals surface area contributed by atoms with Crippen molar-refractivity contribution in [1.82, 2.24) is 4.90 Å². The van der Waals surface area contributed by atoms with Gasteiger partial charge in [-0.3, -0.25) is 4.90 Å². The Balaban J connectivity index is 0.00000242. The van der Waals surface area contributed by atoms with E-state index < -0.39 is 0 Å². The van der Waals surface area contributed by atoms with E-state index in [9.17, 15) is 0 Å². The Morgan fingerprint density at radius 1 is 1.41 bits per heavy atom. The summed E-state index contributed by atoms with van der Waals surface area (Å²) in [6.07, 6.45) is 1.14. The molecule has 1 heterocycles. The lowest BCUT2D eigenvalue weighted by Crippen LogP contribution is -2.31. The SMILES string of the molecule is CCOc1c(Cl)cc(CN2CCC(C)(CN)C2)cc1OC.Cl. The van der Waals surface area contributed by atoms with E-state index in [0.717, 1.165) is 38.2 Å². The maximum atomic E-state index is 6.32. The van der Waals surface area contributed by atoms with Gasteiger partial charge in [0, 0.05) is 13.1 Å². The molecule has 2 N–H and O–H groups in total. The number of methoxy groups -OCH3 is 1. The molecular weight excluding hydrogens is 323 g/mol. The highest BCUT2D eigenvalue weighted by Crippen LogP contribution is 2.37. The normalized spacial score (nSPS) is 21.5. The van der Waals surface area contributed by atoms with Gasteiger partial charge in [-0.1, -0.05) is 18.5 Å². The maximum Gasteiger partial charge on any atom is 0.179 e. The minimum atomic E-state index is 0. The fourth-order valence-electron chi connectivity index (χ4n) is 2.83. The largest absolute Gasteiger partial charge is 0.493 e. The van der Waals surface area contributed by atoms with Gasteiger partial charge in [-0.25, -0.2) is 0 Å². The minimum Gasteiger partial charge on any atom is -0.493 e. The molecule has 1 atom stereocenters. The lowest BCUT2D eigenvalue weighted by atomic mass is 9.90. The van der Waals surface area contributed by atoms with Gasteiger partial charge in [0.25, 0.3) is 0 Å². The molecule has 1 unspecified atom stereocenters. The molecule has 0 bridgehead atoms. The predicted octanol–water partition coefficient (Wildman–Crippen LogP) is 3.34. The molecule has 1 aromatic carbocycles. The summed E-state index contributed by atoms with van der Waals surface area (Å²) >= 11 is 6.32. The highest BCUT2D eigenvalue weighted by Gasteiger charge is 2.32. The van der Waals surface area contributed by atoms with Crippen LogP contribution >= 0.6 is 24.0 Å². The molecule has 22 heavy (non-hydrogen) atoms. The van der Waals surface area contributed by atoms with Crippen LogP contribution in [0.3, 0.4) is 0 Å². The molecule has 1 aromatic rings. The van der Waals surface area contributed by atoms with E-state index in [-0.39, 0.29) is 17.8 Å². The second-order valence-electron chi connectivity index (χ2n) is 6.02. The van der Waals surface area contributed by atoms with Gasteiger partial charge in [0.05, 0.1) is 18.7 Å². The minimum absolute atomic E-state index is 0. The van der Waals surface area contributed by atoms with Gasteiger partial charge in [-0.05, 0) is 49.5 Å². The summed E-state index contributed by atoms with van der Waals surface area (Å²) in [6.45, 7) is 8.43. The average molecular weight is 349 g/mol. The van der Waals surface area contributed by atoms with E-state index in [4.69, 9.17) is 26.8 Å². The van der Waals surface area contributed by atoms with E-state index in [1.54, 1.807) is 7.11 Å². The zero-order valence-corrected chi connectivity index (χ0v) is 15.1. The Kier molecular flexibility index (Phi) is 7.26. The molecule has 1 fully saturated rings. The summed E-state index contributed by atoms with van der Waals surface area (Å²) in [5, 5.41) is 0.604. The monoisotopic (exact) mass is 348 g/mol. The summed E-state index contributed by atoms with van der Waals surface area (Å²) < 4.78 is 10.9. The smallest absolute Gasteiger partial charge is 0.179 e. The molecule has 1 saturated heterocycles. The molecular formula is C16H26Cl2N2O2. The van der Waals surface area contributed by atoms with Gasteiger partial charge in [0.2, 0.25) is 0 Å². The second kappa shape index (κ2) is 8.25. The second-order valence-corrected chi connectivity index (χ2v) is 6.42. The molecule has 1 aliphatic heterocycles. The third-order valence-electron chi connectivity index (χ3n) is 4.11. The summed E-state index contributed by atoms with van der Waals surface area (Å²) in [6, 6.07) is 3.97. The third-order valence-corrected chi connectivity index (χ3v) is 4.39. The number of nitrogens with two attached hydrogens (primary N) is 1. The van der Waals surface area contributed by atoms with Crippen molar-refractivity contribution < 1.29 is 9.47 Å². The molecule has 1 aliphatic rings. The van der Waals surface area contributed by atoms with E-state index >= 15 is 0 Å².